The molecule has 2 amide bonds. The van der Waals surface area contributed by atoms with Crippen LogP contribution in [0.4, 0.5) is 4.39 Å². The van der Waals surface area contributed by atoms with E-state index in [0.29, 0.717) is 38.2 Å². The number of amides is 2. The molecule has 6 heteroatoms. The first-order valence-corrected chi connectivity index (χ1v) is 10.8. The van der Waals surface area contributed by atoms with Gasteiger partial charge in [0.2, 0.25) is 5.91 Å². The number of benzene rings is 2. The van der Waals surface area contributed by atoms with Crippen LogP contribution in [0.3, 0.4) is 0 Å². The lowest BCUT2D eigenvalue weighted by Gasteiger charge is -2.38. The molecular weight excluding hydrogens is 393 g/mol. The molecule has 160 valence electrons. The van der Waals surface area contributed by atoms with E-state index in [1.165, 1.54) is 12.1 Å². The van der Waals surface area contributed by atoms with Gasteiger partial charge >= 0.3 is 0 Å². The summed E-state index contributed by atoms with van der Waals surface area (Å²) in [6.07, 6.45) is 4.14. The number of carbonyl (C=O) groups excluding carboxylic acids is 2. The Hall–Kier alpha value is -3.15. The highest BCUT2D eigenvalue weighted by atomic mass is 19.1. The van der Waals surface area contributed by atoms with Gasteiger partial charge in [-0.05, 0) is 54.8 Å². The lowest BCUT2D eigenvalue weighted by Crippen LogP contribution is -2.44. The number of nitrogens with zero attached hydrogens (tertiary/aromatic N) is 3. The smallest absolute Gasteiger partial charge is 0.253 e. The molecule has 1 aromatic heterocycles. The summed E-state index contributed by atoms with van der Waals surface area (Å²) in [7, 11) is 1.99. The van der Waals surface area contributed by atoms with Crippen molar-refractivity contribution in [3.05, 3.63) is 71.7 Å². The molecule has 2 saturated heterocycles. The minimum atomic E-state index is -0.278. The number of hydrogen-bond donors (Lipinski definition) is 0. The summed E-state index contributed by atoms with van der Waals surface area (Å²) in [6, 6.07) is 14.3. The number of halogens is 1. The van der Waals surface area contributed by atoms with E-state index in [-0.39, 0.29) is 23.0 Å². The van der Waals surface area contributed by atoms with E-state index in [1.54, 1.807) is 6.07 Å². The van der Waals surface area contributed by atoms with E-state index in [9.17, 15) is 14.0 Å². The summed E-state index contributed by atoms with van der Waals surface area (Å²) >= 11 is 0. The van der Waals surface area contributed by atoms with Crippen LogP contribution in [0.25, 0.3) is 10.9 Å². The summed E-state index contributed by atoms with van der Waals surface area (Å²) in [5.41, 5.74) is 2.56. The Morgan fingerprint density at radius 3 is 2.68 bits per heavy atom. The monoisotopic (exact) mass is 419 g/mol. The highest BCUT2D eigenvalue weighted by molar-refractivity contribution is 5.98. The SMILES string of the molecule is Cn1ccc2cc(C(=O)N3CCC4(CC3)CC(=O)N(Cc3cccc(F)c3)C4)ccc21. The molecular formula is C25H26FN3O2. The predicted molar refractivity (Wildman–Crippen MR) is 117 cm³/mol. The first kappa shape index (κ1) is 19.8. The first-order valence-electron chi connectivity index (χ1n) is 10.8. The maximum atomic E-state index is 13.5. The van der Waals surface area contributed by atoms with Crippen molar-refractivity contribution in [3.8, 4) is 0 Å². The molecule has 0 radical (unpaired) electrons. The van der Waals surface area contributed by atoms with Gasteiger partial charge in [0, 0.05) is 67.7 Å². The number of likely N-dealkylation sites (tertiary alicyclic amines) is 2. The Balaban J connectivity index is 1.24. The van der Waals surface area contributed by atoms with E-state index < -0.39 is 0 Å². The first-order chi connectivity index (χ1) is 14.9. The van der Waals surface area contributed by atoms with Gasteiger partial charge in [-0.15, -0.1) is 0 Å². The normalized spacial score (nSPS) is 18.3. The van der Waals surface area contributed by atoms with Crippen LogP contribution in [-0.2, 0) is 18.4 Å². The Morgan fingerprint density at radius 1 is 1.10 bits per heavy atom. The Bertz CT molecular complexity index is 1160. The van der Waals surface area contributed by atoms with Gasteiger partial charge in [0.25, 0.3) is 5.91 Å². The summed E-state index contributed by atoms with van der Waals surface area (Å²) in [4.78, 5) is 29.5. The molecule has 0 unspecified atom stereocenters. The predicted octanol–water partition coefficient (Wildman–Crippen LogP) is 3.97. The minimum Gasteiger partial charge on any atom is -0.351 e. The van der Waals surface area contributed by atoms with Crippen molar-refractivity contribution in [2.24, 2.45) is 12.5 Å². The van der Waals surface area contributed by atoms with Gasteiger partial charge in [0.1, 0.15) is 5.82 Å². The molecule has 31 heavy (non-hydrogen) atoms. The van der Waals surface area contributed by atoms with E-state index in [1.807, 2.05) is 57.9 Å². The van der Waals surface area contributed by atoms with Crippen molar-refractivity contribution in [1.82, 2.24) is 14.4 Å². The summed E-state index contributed by atoms with van der Waals surface area (Å²) in [5.74, 6) is -0.0977. The van der Waals surface area contributed by atoms with Crippen molar-refractivity contribution in [2.75, 3.05) is 19.6 Å². The lowest BCUT2D eigenvalue weighted by molar-refractivity contribution is -0.128. The minimum absolute atomic E-state index is 0.0570. The third-order valence-electron chi connectivity index (χ3n) is 6.91. The Kier molecular flexibility index (Phi) is 4.80. The standard InChI is InChI=1S/C25H26FN3O2/c1-27-10-7-19-14-20(5-6-22(19)27)24(31)28-11-8-25(9-12-28)15-23(30)29(17-25)16-18-3-2-4-21(26)13-18/h2-7,10,13-14H,8-9,11-12,15-17H2,1H3. The molecule has 0 aliphatic carbocycles. The van der Waals surface area contributed by atoms with Gasteiger partial charge in [0.15, 0.2) is 0 Å². The van der Waals surface area contributed by atoms with Crippen molar-refractivity contribution in [1.29, 1.82) is 0 Å². The molecule has 5 rings (SSSR count). The molecule has 1 spiro atoms. The second kappa shape index (κ2) is 7.52. The molecule has 2 aliphatic heterocycles. The zero-order chi connectivity index (χ0) is 21.6. The molecule has 0 atom stereocenters. The highest BCUT2D eigenvalue weighted by Gasteiger charge is 2.45. The highest BCUT2D eigenvalue weighted by Crippen LogP contribution is 2.41. The second-order valence-corrected chi connectivity index (χ2v) is 9.05. The topological polar surface area (TPSA) is 45.6 Å². The van der Waals surface area contributed by atoms with E-state index in [0.717, 1.165) is 29.3 Å². The van der Waals surface area contributed by atoms with Crippen molar-refractivity contribution < 1.29 is 14.0 Å². The fourth-order valence-electron chi connectivity index (χ4n) is 5.10. The maximum Gasteiger partial charge on any atom is 0.253 e. The van der Waals surface area contributed by atoms with Crippen molar-refractivity contribution in [3.63, 3.8) is 0 Å². The molecule has 2 aliphatic rings. The third kappa shape index (κ3) is 3.71. The van der Waals surface area contributed by atoms with Crippen LogP contribution in [0.2, 0.25) is 0 Å². The average Bonchev–Trinajstić information content (AvgIpc) is 3.27. The lowest BCUT2D eigenvalue weighted by atomic mass is 9.77. The number of piperidine rings is 1. The molecule has 0 saturated carbocycles. The zero-order valence-corrected chi connectivity index (χ0v) is 17.7. The molecule has 5 nitrogen and oxygen atoms in total. The number of carbonyl (C=O) groups is 2. The summed E-state index contributed by atoms with van der Waals surface area (Å²) in [6.45, 7) is 2.44. The fraction of sp³-hybridized carbons (Fsp3) is 0.360. The van der Waals surface area contributed by atoms with Crippen LogP contribution in [0.15, 0.2) is 54.7 Å². The van der Waals surface area contributed by atoms with Crippen LogP contribution >= 0.6 is 0 Å². The summed E-state index contributed by atoms with van der Waals surface area (Å²) in [5, 5.41) is 1.07. The molecule has 2 fully saturated rings. The van der Waals surface area contributed by atoms with Crippen LogP contribution in [0.1, 0.15) is 35.2 Å². The number of fused-ring (bicyclic) bond motifs is 1. The van der Waals surface area contributed by atoms with Crippen LogP contribution in [0.5, 0.6) is 0 Å². The van der Waals surface area contributed by atoms with E-state index >= 15 is 0 Å². The Morgan fingerprint density at radius 2 is 1.90 bits per heavy atom. The molecule has 3 aromatic rings. The maximum absolute atomic E-state index is 13.5. The van der Waals surface area contributed by atoms with Gasteiger partial charge in [-0.1, -0.05) is 12.1 Å². The van der Waals surface area contributed by atoms with Gasteiger partial charge in [-0.25, -0.2) is 4.39 Å². The van der Waals surface area contributed by atoms with Crippen LogP contribution in [-0.4, -0.2) is 45.8 Å². The van der Waals surface area contributed by atoms with E-state index in [4.69, 9.17) is 0 Å². The van der Waals surface area contributed by atoms with Crippen LogP contribution in [0, 0.1) is 11.2 Å². The number of hydrogen-bond acceptors (Lipinski definition) is 2. The van der Waals surface area contributed by atoms with Crippen molar-refractivity contribution >= 4 is 22.7 Å². The van der Waals surface area contributed by atoms with Gasteiger partial charge in [-0.3, -0.25) is 9.59 Å². The van der Waals surface area contributed by atoms with Gasteiger partial charge in [-0.2, -0.15) is 0 Å². The zero-order valence-electron chi connectivity index (χ0n) is 17.7. The second-order valence-electron chi connectivity index (χ2n) is 9.05. The van der Waals surface area contributed by atoms with E-state index in [2.05, 4.69) is 0 Å². The Labute approximate surface area is 181 Å². The molecule has 2 aromatic carbocycles. The van der Waals surface area contributed by atoms with Crippen molar-refractivity contribution in [2.45, 2.75) is 25.8 Å². The largest absolute Gasteiger partial charge is 0.351 e. The fourth-order valence-corrected chi connectivity index (χ4v) is 5.10. The molecule has 3 heterocycles. The third-order valence-corrected chi connectivity index (χ3v) is 6.91. The molecule has 0 bridgehead atoms. The van der Waals surface area contributed by atoms with Gasteiger partial charge < -0.3 is 14.4 Å². The number of aromatic nitrogens is 1. The van der Waals surface area contributed by atoms with Gasteiger partial charge in [0.05, 0.1) is 0 Å². The summed E-state index contributed by atoms with van der Waals surface area (Å²) < 4.78 is 15.5. The average molecular weight is 420 g/mol. The quantitative estimate of drug-likeness (QED) is 0.645. The number of rotatable bonds is 3. The van der Waals surface area contributed by atoms with Crippen LogP contribution < -0.4 is 0 Å². The number of aryl methyl sites for hydroxylation is 1. The molecule has 0 N–H and O–H groups in total.